The normalized spacial score (nSPS) is 23.9. The Bertz CT molecular complexity index is 392. The van der Waals surface area contributed by atoms with E-state index < -0.39 is 0 Å². The molecule has 2 atom stereocenters. The topological polar surface area (TPSA) is 21.3 Å². The van der Waals surface area contributed by atoms with Crippen LogP contribution in [0.2, 0.25) is 0 Å². The largest absolute Gasteiger partial charge is 0.494 e. The minimum Gasteiger partial charge on any atom is -0.494 e. The van der Waals surface area contributed by atoms with Crippen molar-refractivity contribution in [1.82, 2.24) is 5.32 Å². The van der Waals surface area contributed by atoms with Crippen LogP contribution in [-0.4, -0.2) is 20.2 Å². The lowest BCUT2D eigenvalue weighted by Crippen LogP contribution is -2.35. The van der Waals surface area contributed by atoms with Crippen LogP contribution in [-0.2, 0) is 0 Å². The lowest BCUT2D eigenvalue weighted by atomic mass is 9.79. The molecule has 1 aliphatic heterocycles. The Hall–Kier alpha value is -1.09. The third-order valence-corrected chi connectivity index (χ3v) is 3.87. The molecular weight excluding hydrogens is 229 g/mol. The zero-order valence-electron chi connectivity index (χ0n) is 11.2. The first-order valence-electron chi connectivity index (χ1n) is 6.80. The maximum absolute atomic E-state index is 13.8. The molecule has 0 bridgehead atoms. The molecule has 18 heavy (non-hydrogen) atoms. The van der Waals surface area contributed by atoms with Crippen molar-refractivity contribution in [1.29, 1.82) is 0 Å². The molecule has 0 aromatic heterocycles. The molecule has 100 valence electrons. The fraction of sp³-hybridized carbons (Fsp3) is 0.600. The molecule has 1 saturated heterocycles. The number of halogens is 1. The first-order chi connectivity index (χ1) is 8.76. The van der Waals surface area contributed by atoms with Crippen molar-refractivity contribution < 1.29 is 9.13 Å². The van der Waals surface area contributed by atoms with Crippen LogP contribution < -0.4 is 10.1 Å². The van der Waals surface area contributed by atoms with E-state index in [2.05, 4.69) is 12.2 Å². The van der Waals surface area contributed by atoms with Crippen LogP contribution in [0.15, 0.2) is 18.2 Å². The Morgan fingerprint density at radius 2 is 2.28 bits per heavy atom. The molecule has 1 aliphatic rings. The molecule has 1 N–H and O–H groups in total. The molecule has 0 saturated carbocycles. The minimum absolute atomic E-state index is 0.246. The van der Waals surface area contributed by atoms with Crippen LogP contribution in [0.5, 0.6) is 5.75 Å². The summed E-state index contributed by atoms with van der Waals surface area (Å²) in [5.74, 6) is 1.19. The van der Waals surface area contributed by atoms with Crippen LogP contribution >= 0.6 is 0 Å². The molecule has 3 heteroatoms. The Kier molecular flexibility index (Phi) is 4.59. The average Bonchev–Trinajstić information content (AvgIpc) is 2.40. The van der Waals surface area contributed by atoms with Crippen LogP contribution in [0.25, 0.3) is 0 Å². The summed E-state index contributed by atoms with van der Waals surface area (Å²) in [6.07, 6.45) is 3.48. The second-order valence-electron chi connectivity index (χ2n) is 5.04. The number of hydrogen-bond acceptors (Lipinski definition) is 2. The second-order valence-corrected chi connectivity index (χ2v) is 5.04. The first kappa shape index (κ1) is 13.3. The number of ether oxygens (including phenoxy) is 1. The van der Waals surface area contributed by atoms with E-state index in [0.29, 0.717) is 17.6 Å². The Labute approximate surface area is 109 Å². The standard InChI is InChI=1S/C15H22FNO/c1-3-4-12-10-17-8-7-13(12)11-5-6-15(18-2)14(16)9-11/h5-6,9,12-13,17H,3-4,7-8,10H2,1-2H3. The van der Waals surface area contributed by atoms with Gasteiger partial charge < -0.3 is 10.1 Å². The summed E-state index contributed by atoms with van der Waals surface area (Å²) in [5.41, 5.74) is 1.12. The molecule has 0 aliphatic carbocycles. The van der Waals surface area contributed by atoms with Crippen LogP contribution in [0.3, 0.4) is 0 Å². The lowest BCUT2D eigenvalue weighted by Gasteiger charge is -2.32. The zero-order valence-corrected chi connectivity index (χ0v) is 11.2. The average molecular weight is 251 g/mol. The lowest BCUT2D eigenvalue weighted by molar-refractivity contribution is 0.305. The van der Waals surface area contributed by atoms with Gasteiger partial charge in [-0.15, -0.1) is 0 Å². The summed E-state index contributed by atoms with van der Waals surface area (Å²) in [5, 5.41) is 3.44. The van der Waals surface area contributed by atoms with E-state index in [0.717, 1.165) is 25.1 Å². The maximum Gasteiger partial charge on any atom is 0.165 e. The number of hydrogen-bond donors (Lipinski definition) is 1. The summed E-state index contributed by atoms with van der Waals surface area (Å²) >= 11 is 0. The second kappa shape index (κ2) is 6.19. The van der Waals surface area contributed by atoms with Crippen molar-refractivity contribution in [2.45, 2.75) is 32.1 Å². The van der Waals surface area contributed by atoms with Crippen molar-refractivity contribution in [3.8, 4) is 5.75 Å². The number of nitrogens with one attached hydrogen (secondary N) is 1. The van der Waals surface area contributed by atoms with Crippen LogP contribution in [0.4, 0.5) is 4.39 Å². The summed E-state index contributed by atoms with van der Waals surface area (Å²) < 4.78 is 18.8. The van der Waals surface area contributed by atoms with Gasteiger partial charge in [0.25, 0.3) is 0 Å². The highest BCUT2D eigenvalue weighted by Gasteiger charge is 2.26. The monoisotopic (exact) mass is 251 g/mol. The van der Waals surface area contributed by atoms with Crippen molar-refractivity contribution in [3.63, 3.8) is 0 Å². The van der Waals surface area contributed by atoms with Gasteiger partial charge >= 0.3 is 0 Å². The summed E-state index contributed by atoms with van der Waals surface area (Å²) in [6, 6.07) is 5.41. The van der Waals surface area contributed by atoms with Gasteiger partial charge in [-0.2, -0.15) is 0 Å². The fourth-order valence-corrected chi connectivity index (χ4v) is 2.95. The van der Waals surface area contributed by atoms with E-state index in [1.807, 2.05) is 6.07 Å². The SMILES string of the molecule is CCCC1CNCCC1c1ccc(OC)c(F)c1. The third kappa shape index (κ3) is 2.83. The smallest absolute Gasteiger partial charge is 0.165 e. The molecule has 0 spiro atoms. The molecule has 1 fully saturated rings. The molecule has 0 amide bonds. The summed E-state index contributed by atoms with van der Waals surface area (Å²) in [6.45, 7) is 4.28. The predicted molar refractivity (Wildman–Crippen MR) is 71.6 cm³/mol. The van der Waals surface area contributed by atoms with E-state index in [1.54, 1.807) is 12.1 Å². The maximum atomic E-state index is 13.8. The predicted octanol–water partition coefficient (Wildman–Crippen LogP) is 3.33. The van der Waals surface area contributed by atoms with Gasteiger partial charge in [0.15, 0.2) is 11.6 Å². The number of methoxy groups -OCH3 is 1. The highest BCUT2D eigenvalue weighted by Crippen LogP contribution is 2.34. The van der Waals surface area contributed by atoms with E-state index in [1.165, 1.54) is 20.0 Å². The van der Waals surface area contributed by atoms with Crippen LogP contribution in [0, 0.1) is 11.7 Å². The first-order valence-corrected chi connectivity index (χ1v) is 6.80. The molecule has 0 radical (unpaired) electrons. The van der Waals surface area contributed by atoms with Crippen molar-refractivity contribution in [2.24, 2.45) is 5.92 Å². The zero-order chi connectivity index (χ0) is 13.0. The fourth-order valence-electron chi connectivity index (χ4n) is 2.95. The number of rotatable bonds is 4. The van der Waals surface area contributed by atoms with Gasteiger partial charge in [-0.05, 0) is 55.5 Å². The number of piperidine rings is 1. The minimum atomic E-state index is -0.246. The Balaban J connectivity index is 2.19. The molecule has 1 aromatic rings. The van der Waals surface area contributed by atoms with Gasteiger partial charge in [0.1, 0.15) is 0 Å². The van der Waals surface area contributed by atoms with Gasteiger partial charge in [0, 0.05) is 0 Å². The highest BCUT2D eigenvalue weighted by atomic mass is 19.1. The Morgan fingerprint density at radius 1 is 1.44 bits per heavy atom. The van der Waals surface area contributed by atoms with E-state index in [-0.39, 0.29) is 5.82 Å². The van der Waals surface area contributed by atoms with Crippen molar-refractivity contribution in [2.75, 3.05) is 20.2 Å². The van der Waals surface area contributed by atoms with Gasteiger partial charge in [-0.3, -0.25) is 0 Å². The van der Waals surface area contributed by atoms with E-state index in [4.69, 9.17) is 4.74 Å². The molecular formula is C15H22FNO. The highest BCUT2D eigenvalue weighted by molar-refractivity contribution is 5.32. The van der Waals surface area contributed by atoms with E-state index in [9.17, 15) is 4.39 Å². The molecule has 1 heterocycles. The van der Waals surface area contributed by atoms with Crippen molar-refractivity contribution >= 4 is 0 Å². The molecule has 2 nitrogen and oxygen atoms in total. The quantitative estimate of drug-likeness (QED) is 0.886. The molecule has 2 rings (SSSR count). The van der Waals surface area contributed by atoms with Crippen molar-refractivity contribution in [3.05, 3.63) is 29.6 Å². The van der Waals surface area contributed by atoms with E-state index >= 15 is 0 Å². The summed E-state index contributed by atoms with van der Waals surface area (Å²) in [7, 11) is 1.50. The molecule has 1 aromatic carbocycles. The van der Waals surface area contributed by atoms with Gasteiger partial charge in [-0.25, -0.2) is 4.39 Å². The van der Waals surface area contributed by atoms with Gasteiger partial charge in [-0.1, -0.05) is 19.4 Å². The third-order valence-electron chi connectivity index (χ3n) is 3.87. The molecule has 2 unspecified atom stereocenters. The Morgan fingerprint density at radius 3 is 2.94 bits per heavy atom. The summed E-state index contributed by atoms with van der Waals surface area (Å²) in [4.78, 5) is 0. The number of benzene rings is 1. The van der Waals surface area contributed by atoms with Crippen LogP contribution in [0.1, 0.15) is 37.7 Å². The van der Waals surface area contributed by atoms with Gasteiger partial charge in [0.05, 0.1) is 7.11 Å². The van der Waals surface area contributed by atoms with Gasteiger partial charge in [0.2, 0.25) is 0 Å².